The van der Waals surface area contributed by atoms with Crippen molar-refractivity contribution in [2.24, 2.45) is 7.05 Å². The van der Waals surface area contributed by atoms with E-state index in [9.17, 15) is 4.79 Å². The van der Waals surface area contributed by atoms with Crippen molar-refractivity contribution in [3.8, 4) is 5.75 Å². The minimum absolute atomic E-state index is 0.0964. The van der Waals surface area contributed by atoms with Crippen LogP contribution >= 0.6 is 0 Å². The Morgan fingerprint density at radius 3 is 2.48 bits per heavy atom. The van der Waals surface area contributed by atoms with Crippen molar-refractivity contribution >= 4 is 17.2 Å². The number of ether oxygens (including phenoxy) is 1. The summed E-state index contributed by atoms with van der Waals surface area (Å²) in [6.07, 6.45) is 7.77. The van der Waals surface area contributed by atoms with Crippen LogP contribution in [0.15, 0.2) is 55.0 Å². The van der Waals surface area contributed by atoms with Crippen molar-refractivity contribution in [3.05, 3.63) is 77.5 Å². The second kappa shape index (κ2) is 9.48. The van der Waals surface area contributed by atoms with Gasteiger partial charge in [-0.2, -0.15) is 5.10 Å². The van der Waals surface area contributed by atoms with E-state index in [1.807, 2.05) is 72.1 Å². The molecule has 7 nitrogen and oxygen atoms in total. The van der Waals surface area contributed by atoms with Crippen LogP contribution in [0.2, 0.25) is 0 Å². The van der Waals surface area contributed by atoms with Gasteiger partial charge in [0.05, 0.1) is 18.3 Å². The van der Waals surface area contributed by atoms with Crippen LogP contribution in [0, 0.1) is 6.92 Å². The molecule has 4 heterocycles. The Balaban J connectivity index is 0.000000821. The first kappa shape index (κ1) is 22.6. The number of imidazole rings is 1. The highest BCUT2D eigenvalue weighted by molar-refractivity contribution is 6.10. The molecule has 0 N–H and O–H groups in total. The molecule has 0 saturated heterocycles. The van der Waals surface area contributed by atoms with Crippen LogP contribution < -0.4 is 9.64 Å². The van der Waals surface area contributed by atoms with Gasteiger partial charge < -0.3 is 9.14 Å². The molecule has 0 saturated carbocycles. The minimum atomic E-state index is -0.251. The molecule has 1 atom stereocenters. The number of carbonyl (C=O) groups excluding carboxylic acids is 1. The predicted molar refractivity (Wildman–Crippen MR) is 130 cm³/mol. The minimum Gasteiger partial charge on any atom is -0.494 e. The number of aromatic nitrogens is 4. The number of fused-ring (bicyclic) bond motifs is 2. The molecule has 5 rings (SSSR count). The van der Waals surface area contributed by atoms with E-state index in [1.165, 1.54) is 6.42 Å². The van der Waals surface area contributed by atoms with Gasteiger partial charge in [0.25, 0.3) is 5.91 Å². The van der Waals surface area contributed by atoms with Gasteiger partial charge >= 0.3 is 0 Å². The normalized spacial score (nSPS) is 14.9. The Bertz CT molecular complexity index is 1260. The Kier molecular flexibility index (Phi) is 6.49. The molecule has 1 aliphatic heterocycles. The molecule has 7 heteroatoms. The fraction of sp³-hybridized carbons (Fsp3) is 0.346. The first-order valence-electron chi connectivity index (χ1n) is 11.5. The lowest BCUT2D eigenvalue weighted by Crippen LogP contribution is -2.29. The summed E-state index contributed by atoms with van der Waals surface area (Å²) in [7, 11) is 1.88. The van der Waals surface area contributed by atoms with Gasteiger partial charge in [-0.3, -0.25) is 14.4 Å². The Morgan fingerprint density at radius 1 is 1.06 bits per heavy atom. The second-order valence-corrected chi connectivity index (χ2v) is 8.25. The quantitative estimate of drug-likeness (QED) is 0.416. The summed E-state index contributed by atoms with van der Waals surface area (Å²) in [6.45, 7) is 9.02. The van der Waals surface area contributed by atoms with Crippen molar-refractivity contribution < 1.29 is 9.53 Å². The van der Waals surface area contributed by atoms with Crippen LogP contribution in [-0.4, -0.2) is 31.7 Å². The largest absolute Gasteiger partial charge is 0.494 e. The average molecular weight is 446 g/mol. The summed E-state index contributed by atoms with van der Waals surface area (Å²) in [5, 5.41) is 4.51. The van der Waals surface area contributed by atoms with Crippen LogP contribution in [0.4, 0.5) is 5.69 Å². The molecule has 1 amide bonds. The number of hydrogen-bond donors (Lipinski definition) is 0. The average Bonchev–Trinajstić information content (AvgIpc) is 3.48. The molecule has 1 aromatic carbocycles. The van der Waals surface area contributed by atoms with Gasteiger partial charge in [-0.15, -0.1) is 0 Å². The summed E-state index contributed by atoms with van der Waals surface area (Å²) in [5.74, 6) is 0.735. The van der Waals surface area contributed by atoms with Crippen LogP contribution in [0.3, 0.4) is 0 Å². The monoisotopic (exact) mass is 445 g/mol. The predicted octanol–water partition coefficient (Wildman–Crippen LogP) is 5.33. The van der Waals surface area contributed by atoms with Crippen molar-refractivity contribution in [1.29, 1.82) is 0 Å². The van der Waals surface area contributed by atoms with Crippen molar-refractivity contribution in [1.82, 2.24) is 19.2 Å². The third-order valence-corrected chi connectivity index (χ3v) is 5.66. The fourth-order valence-electron chi connectivity index (χ4n) is 4.07. The summed E-state index contributed by atoms with van der Waals surface area (Å²) < 4.78 is 9.44. The fourth-order valence-corrected chi connectivity index (χ4v) is 4.07. The van der Waals surface area contributed by atoms with Gasteiger partial charge in [0.15, 0.2) is 5.69 Å². The van der Waals surface area contributed by atoms with Crippen molar-refractivity contribution in [2.45, 2.75) is 46.6 Å². The first-order valence-corrected chi connectivity index (χ1v) is 11.5. The number of benzene rings is 1. The lowest BCUT2D eigenvalue weighted by Gasteiger charge is -2.27. The Hall–Kier alpha value is -3.61. The van der Waals surface area contributed by atoms with Crippen molar-refractivity contribution in [3.63, 3.8) is 0 Å². The molecule has 172 valence electrons. The number of aryl methyl sites for hydroxylation is 1. The van der Waals surface area contributed by atoms with Gasteiger partial charge in [0.1, 0.15) is 11.4 Å². The lowest BCUT2D eigenvalue weighted by atomic mass is 9.98. The molecule has 3 aromatic heterocycles. The SMILES string of the molecule is CCC.CCCOc1ccc(C2c3c(nn(C)c3C)C(=O)N2c2ccn3ccnc3c2)cc1. The third kappa shape index (κ3) is 4.11. The van der Waals surface area contributed by atoms with E-state index in [4.69, 9.17) is 4.74 Å². The topological polar surface area (TPSA) is 64.7 Å². The lowest BCUT2D eigenvalue weighted by molar-refractivity contribution is 0.0988. The molecule has 1 unspecified atom stereocenters. The van der Waals surface area contributed by atoms with Gasteiger partial charge in [-0.05, 0) is 37.1 Å². The number of nitrogens with zero attached hydrogens (tertiary/aromatic N) is 5. The molecule has 0 spiro atoms. The van der Waals surface area contributed by atoms with E-state index in [-0.39, 0.29) is 11.9 Å². The number of pyridine rings is 1. The van der Waals surface area contributed by atoms with E-state index in [0.29, 0.717) is 12.3 Å². The third-order valence-electron chi connectivity index (χ3n) is 5.66. The molecule has 0 radical (unpaired) electrons. The Morgan fingerprint density at radius 2 is 1.79 bits per heavy atom. The second-order valence-electron chi connectivity index (χ2n) is 8.25. The van der Waals surface area contributed by atoms with E-state index in [1.54, 1.807) is 10.9 Å². The summed E-state index contributed by atoms with van der Waals surface area (Å²) in [5.41, 5.74) is 5.06. The van der Waals surface area contributed by atoms with Crippen LogP contribution in [0.5, 0.6) is 5.75 Å². The highest BCUT2D eigenvalue weighted by atomic mass is 16.5. The van der Waals surface area contributed by atoms with Crippen LogP contribution in [0.1, 0.15) is 67.0 Å². The van der Waals surface area contributed by atoms with Gasteiger partial charge in [-0.25, -0.2) is 4.98 Å². The molecule has 0 bridgehead atoms. The van der Waals surface area contributed by atoms with E-state index < -0.39 is 0 Å². The number of anilines is 1. The zero-order chi connectivity index (χ0) is 23.5. The van der Waals surface area contributed by atoms with Gasteiger partial charge in [-0.1, -0.05) is 39.3 Å². The van der Waals surface area contributed by atoms with E-state index in [0.717, 1.165) is 40.3 Å². The highest BCUT2D eigenvalue weighted by Crippen LogP contribution is 2.43. The summed E-state index contributed by atoms with van der Waals surface area (Å²) in [4.78, 5) is 19.6. The maximum atomic E-state index is 13.4. The molecule has 0 fully saturated rings. The number of carbonyl (C=O) groups is 1. The van der Waals surface area contributed by atoms with Crippen LogP contribution in [-0.2, 0) is 7.05 Å². The zero-order valence-electron chi connectivity index (χ0n) is 19.9. The molecule has 1 aliphatic rings. The molecule has 4 aromatic rings. The van der Waals surface area contributed by atoms with Gasteiger partial charge in [0, 0.05) is 43.0 Å². The number of rotatable bonds is 5. The summed E-state index contributed by atoms with van der Waals surface area (Å²) in [6, 6.07) is 11.6. The van der Waals surface area contributed by atoms with Crippen molar-refractivity contribution in [2.75, 3.05) is 11.5 Å². The standard InChI is InChI=1S/C23H23N5O2.C3H8/c1-4-13-30-18-7-5-16(6-8-18)22-20-15(2)26(3)25-21(20)23(29)28(22)17-9-11-27-12-10-24-19(27)14-17;1-3-2/h5-12,14,22H,4,13H2,1-3H3;3H2,1-2H3. The highest BCUT2D eigenvalue weighted by Gasteiger charge is 2.43. The van der Waals surface area contributed by atoms with Gasteiger partial charge in [0.2, 0.25) is 0 Å². The van der Waals surface area contributed by atoms with Crippen LogP contribution in [0.25, 0.3) is 5.65 Å². The molecular formula is C26H31N5O2. The Labute approximate surface area is 194 Å². The first-order chi connectivity index (χ1) is 16.0. The number of hydrogen-bond acceptors (Lipinski definition) is 4. The zero-order valence-corrected chi connectivity index (χ0v) is 19.9. The number of amides is 1. The molecule has 0 aliphatic carbocycles. The maximum absolute atomic E-state index is 13.4. The summed E-state index contributed by atoms with van der Waals surface area (Å²) >= 11 is 0. The van der Waals surface area contributed by atoms with E-state index >= 15 is 0 Å². The maximum Gasteiger partial charge on any atom is 0.280 e. The smallest absolute Gasteiger partial charge is 0.280 e. The van der Waals surface area contributed by atoms with E-state index in [2.05, 4.69) is 30.9 Å². The molecular weight excluding hydrogens is 414 g/mol. The molecule has 33 heavy (non-hydrogen) atoms.